The van der Waals surface area contributed by atoms with Crippen LogP contribution in [0, 0.1) is 0 Å². The van der Waals surface area contributed by atoms with Gasteiger partial charge in [-0.1, -0.05) is 36.4 Å². The van der Waals surface area contributed by atoms with Crippen LogP contribution in [0.3, 0.4) is 0 Å². The second kappa shape index (κ2) is 11.1. The summed E-state index contributed by atoms with van der Waals surface area (Å²) in [4.78, 5) is 28.1. The molecule has 3 aromatic rings. The Morgan fingerprint density at radius 3 is 2.46 bits per heavy atom. The Morgan fingerprint density at radius 2 is 1.74 bits per heavy atom. The zero-order valence-electron chi connectivity index (χ0n) is 20.2. The first-order chi connectivity index (χ1) is 17.0. The molecule has 0 spiro atoms. The van der Waals surface area contributed by atoms with Gasteiger partial charge in [0, 0.05) is 30.3 Å². The van der Waals surface area contributed by atoms with Crippen LogP contribution in [-0.4, -0.2) is 43.5 Å². The van der Waals surface area contributed by atoms with Crippen LogP contribution in [0.2, 0.25) is 0 Å². The third-order valence-corrected chi connectivity index (χ3v) is 5.95. The molecule has 35 heavy (non-hydrogen) atoms. The summed E-state index contributed by atoms with van der Waals surface area (Å²) >= 11 is 0. The highest BCUT2D eigenvalue weighted by Crippen LogP contribution is 2.32. The second-order valence-corrected chi connectivity index (χ2v) is 8.19. The molecule has 0 amide bonds. The van der Waals surface area contributed by atoms with E-state index in [-0.39, 0.29) is 12.4 Å². The van der Waals surface area contributed by atoms with Crippen molar-refractivity contribution < 1.29 is 28.5 Å². The molecule has 1 unspecified atom stereocenters. The van der Waals surface area contributed by atoms with Crippen LogP contribution in [0.25, 0.3) is 0 Å². The van der Waals surface area contributed by atoms with Gasteiger partial charge in [0.25, 0.3) is 0 Å². The number of ether oxygens (including phenoxy) is 4. The van der Waals surface area contributed by atoms with Crippen LogP contribution in [0.1, 0.15) is 34.0 Å². The van der Waals surface area contributed by atoms with E-state index in [1.54, 1.807) is 39.3 Å². The number of carbonyl (C=O) groups is 2. The fraction of sp³-hybridized carbons (Fsp3) is 0.286. The first-order valence-corrected chi connectivity index (χ1v) is 11.5. The van der Waals surface area contributed by atoms with Crippen molar-refractivity contribution in [1.29, 1.82) is 0 Å². The molecular formula is C28H29NO6. The standard InChI is InChI=1S/C28H29NO6/c1-4-34-28(31)26-27(30)24-13-12-23(35-18-19-8-6-5-7-9-19)14-21(24)17-29(26)16-20-10-11-22(32-2)15-25(20)33-3/h5-15,26H,4,16-18H2,1-3H3. The van der Waals surface area contributed by atoms with Crippen molar-refractivity contribution in [3.05, 3.63) is 89.0 Å². The third-order valence-electron chi connectivity index (χ3n) is 5.95. The van der Waals surface area contributed by atoms with Gasteiger partial charge in [0.2, 0.25) is 0 Å². The summed E-state index contributed by atoms with van der Waals surface area (Å²) in [6.07, 6.45) is 0. The van der Waals surface area contributed by atoms with Crippen LogP contribution in [0.5, 0.6) is 17.2 Å². The predicted octanol–water partition coefficient (Wildman–Crippen LogP) is 4.41. The molecule has 7 heteroatoms. The van der Waals surface area contributed by atoms with Gasteiger partial charge in [0.15, 0.2) is 11.8 Å². The average molecular weight is 476 g/mol. The zero-order valence-corrected chi connectivity index (χ0v) is 20.2. The topological polar surface area (TPSA) is 74.3 Å². The first kappa shape index (κ1) is 24.3. The summed E-state index contributed by atoms with van der Waals surface area (Å²) in [5.74, 6) is 1.10. The number of hydrogen-bond donors (Lipinski definition) is 0. The van der Waals surface area contributed by atoms with Crippen molar-refractivity contribution in [2.75, 3.05) is 20.8 Å². The fourth-order valence-corrected chi connectivity index (χ4v) is 4.22. The van der Waals surface area contributed by atoms with E-state index in [1.165, 1.54) is 0 Å². The highest BCUT2D eigenvalue weighted by atomic mass is 16.5. The molecule has 1 aliphatic heterocycles. The monoisotopic (exact) mass is 475 g/mol. The molecule has 1 aliphatic rings. The summed E-state index contributed by atoms with van der Waals surface area (Å²) in [7, 11) is 3.16. The number of Topliss-reactive ketones (excluding diaryl/α,β-unsaturated/α-hetero) is 1. The normalized spacial score (nSPS) is 15.3. The molecule has 0 aromatic heterocycles. The Bertz CT molecular complexity index is 1190. The minimum Gasteiger partial charge on any atom is -0.497 e. The summed E-state index contributed by atoms with van der Waals surface area (Å²) in [6.45, 7) is 3.04. The van der Waals surface area contributed by atoms with Gasteiger partial charge in [-0.2, -0.15) is 0 Å². The molecule has 0 saturated carbocycles. The third kappa shape index (κ3) is 5.46. The van der Waals surface area contributed by atoms with E-state index < -0.39 is 12.0 Å². The van der Waals surface area contributed by atoms with Crippen molar-refractivity contribution in [3.8, 4) is 17.2 Å². The van der Waals surface area contributed by atoms with Crippen molar-refractivity contribution in [2.24, 2.45) is 0 Å². The lowest BCUT2D eigenvalue weighted by molar-refractivity contribution is -0.148. The SMILES string of the molecule is CCOC(=O)C1C(=O)c2ccc(OCc3ccccc3)cc2CN1Cc1ccc(OC)cc1OC. The smallest absolute Gasteiger partial charge is 0.331 e. The van der Waals surface area contributed by atoms with Crippen LogP contribution in [0.4, 0.5) is 0 Å². The van der Waals surface area contributed by atoms with Crippen LogP contribution in [0.15, 0.2) is 66.7 Å². The molecule has 0 radical (unpaired) electrons. The Kier molecular flexibility index (Phi) is 7.67. The average Bonchev–Trinajstić information content (AvgIpc) is 2.88. The predicted molar refractivity (Wildman–Crippen MR) is 131 cm³/mol. The van der Waals surface area contributed by atoms with E-state index in [1.807, 2.05) is 53.4 Å². The van der Waals surface area contributed by atoms with Gasteiger partial charge in [0.1, 0.15) is 23.9 Å². The van der Waals surface area contributed by atoms with Crippen molar-refractivity contribution in [2.45, 2.75) is 32.7 Å². The molecule has 0 fully saturated rings. The highest BCUT2D eigenvalue weighted by Gasteiger charge is 2.40. The maximum absolute atomic E-state index is 13.4. The number of ketones is 1. The molecular weight excluding hydrogens is 446 g/mol. The second-order valence-electron chi connectivity index (χ2n) is 8.19. The minimum atomic E-state index is -1.04. The van der Waals surface area contributed by atoms with Crippen molar-refractivity contribution in [3.63, 3.8) is 0 Å². The number of fused-ring (bicyclic) bond motifs is 1. The van der Waals surface area contributed by atoms with Gasteiger partial charge in [-0.15, -0.1) is 0 Å². The molecule has 7 nitrogen and oxygen atoms in total. The van der Waals surface area contributed by atoms with E-state index in [9.17, 15) is 9.59 Å². The number of methoxy groups -OCH3 is 2. The van der Waals surface area contributed by atoms with E-state index >= 15 is 0 Å². The Hall–Kier alpha value is -3.84. The maximum Gasteiger partial charge on any atom is 0.331 e. The molecule has 1 atom stereocenters. The number of benzene rings is 3. The molecule has 4 rings (SSSR count). The van der Waals surface area contributed by atoms with Crippen LogP contribution < -0.4 is 14.2 Å². The molecule has 0 N–H and O–H groups in total. The van der Waals surface area contributed by atoms with Gasteiger partial charge in [-0.3, -0.25) is 9.69 Å². The Morgan fingerprint density at radius 1 is 0.971 bits per heavy atom. The number of nitrogens with zero attached hydrogens (tertiary/aromatic N) is 1. The van der Waals surface area contributed by atoms with Crippen LogP contribution >= 0.6 is 0 Å². The quantitative estimate of drug-likeness (QED) is 0.335. The fourth-order valence-electron chi connectivity index (χ4n) is 4.22. The van der Waals surface area contributed by atoms with Crippen molar-refractivity contribution in [1.82, 2.24) is 4.90 Å². The Labute approximate surface area is 205 Å². The number of hydrogen-bond acceptors (Lipinski definition) is 7. The molecule has 0 bridgehead atoms. The van der Waals surface area contributed by atoms with Gasteiger partial charge in [-0.05, 0) is 42.3 Å². The summed E-state index contributed by atoms with van der Waals surface area (Å²) in [5.41, 5.74) is 3.19. The number of esters is 1. The van der Waals surface area contributed by atoms with Crippen molar-refractivity contribution >= 4 is 11.8 Å². The summed E-state index contributed by atoms with van der Waals surface area (Å²) < 4.78 is 22.1. The zero-order chi connectivity index (χ0) is 24.8. The maximum atomic E-state index is 13.4. The largest absolute Gasteiger partial charge is 0.497 e. The lowest BCUT2D eigenvalue weighted by Crippen LogP contribution is -2.50. The van der Waals surface area contributed by atoms with E-state index in [2.05, 4.69) is 0 Å². The van der Waals surface area contributed by atoms with Gasteiger partial charge in [0.05, 0.1) is 20.8 Å². The lowest BCUT2D eigenvalue weighted by Gasteiger charge is -2.34. The minimum absolute atomic E-state index is 0.196. The summed E-state index contributed by atoms with van der Waals surface area (Å²) in [5, 5.41) is 0. The Balaban J connectivity index is 1.62. The molecule has 0 aliphatic carbocycles. The molecule has 182 valence electrons. The van der Waals surface area contributed by atoms with Gasteiger partial charge >= 0.3 is 5.97 Å². The molecule has 3 aromatic carbocycles. The molecule has 1 heterocycles. The molecule has 0 saturated heterocycles. The van der Waals surface area contributed by atoms with E-state index in [0.29, 0.717) is 42.5 Å². The summed E-state index contributed by atoms with van der Waals surface area (Å²) in [6, 6.07) is 19.7. The van der Waals surface area contributed by atoms with Gasteiger partial charge in [-0.25, -0.2) is 4.79 Å². The highest BCUT2D eigenvalue weighted by molar-refractivity contribution is 6.13. The number of carbonyl (C=O) groups excluding carboxylic acids is 2. The number of rotatable bonds is 9. The van der Waals surface area contributed by atoms with Gasteiger partial charge < -0.3 is 18.9 Å². The lowest BCUT2D eigenvalue weighted by atomic mass is 9.91. The first-order valence-electron chi connectivity index (χ1n) is 11.5. The van der Waals surface area contributed by atoms with E-state index in [0.717, 1.165) is 16.7 Å². The van der Waals surface area contributed by atoms with Crippen LogP contribution in [-0.2, 0) is 29.2 Å². The van der Waals surface area contributed by atoms with E-state index in [4.69, 9.17) is 18.9 Å².